The van der Waals surface area contributed by atoms with Gasteiger partial charge in [0.1, 0.15) is 0 Å². The number of fused-ring (bicyclic) bond motifs is 1. The molecule has 0 fully saturated rings. The van der Waals surface area contributed by atoms with Crippen molar-refractivity contribution in [3.8, 4) is 0 Å². The van der Waals surface area contributed by atoms with Crippen molar-refractivity contribution >= 4 is 23.1 Å². The maximum Gasteiger partial charge on any atom is 0.389 e. The third kappa shape index (κ3) is 5.49. The predicted octanol–water partition coefficient (Wildman–Crippen LogP) is 5.31. The van der Waals surface area contributed by atoms with Gasteiger partial charge in [-0.2, -0.15) is 24.9 Å². The summed E-state index contributed by atoms with van der Waals surface area (Å²) in [6.45, 7) is 2.93. The van der Waals surface area contributed by atoms with Gasteiger partial charge < -0.3 is 5.32 Å². The topological polar surface area (TPSA) is 12.0 Å². The van der Waals surface area contributed by atoms with E-state index in [1.165, 1.54) is 15.3 Å². The fraction of sp³-hybridized carbons (Fsp3) is 0.733. The SMILES string of the molecule is CCCNC(CCCC(F)(F)F)c1cc2c(s1)CCSC2. The van der Waals surface area contributed by atoms with E-state index in [0.29, 0.717) is 6.42 Å². The number of thioether (sulfide) groups is 1. The average molecular weight is 337 g/mol. The second kappa shape index (κ2) is 7.88. The standard InChI is InChI=1S/C15H22F3NS2/c1-2-7-19-12(4-3-6-15(16,17)18)14-9-11-10-20-8-5-13(11)21-14/h9,12,19H,2-8,10H2,1H3. The van der Waals surface area contributed by atoms with Crippen LogP contribution in [0.5, 0.6) is 0 Å². The summed E-state index contributed by atoms with van der Waals surface area (Å²) in [5, 5.41) is 3.42. The van der Waals surface area contributed by atoms with Gasteiger partial charge in [0.25, 0.3) is 0 Å². The predicted molar refractivity (Wildman–Crippen MR) is 85.1 cm³/mol. The van der Waals surface area contributed by atoms with E-state index in [0.717, 1.165) is 30.9 Å². The molecule has 1 N–H and O–H groups in total. The lowest BCUT2D eigenvalue weighted by molar-refractivity contribution is -0.135. The first-order chi connectivity index (χ1) is 9.99. The minimum atomic E-state index is -4.04. The van der Waals surface area contributed by atoms with Crippen LogP contribution < -0.4 is 5.32 Å². The number of rotatable bonds is 7. The van der Waals surface area contributed by atoms with Crippen LogP contribution in [0.25, 0.3) is 0 Å². The number of aryl methyl sites for hydroxylation is 1. The van der Waals surface area contributed by atoms with E-state index in [4.69, 9.17) is 0 Å². The summed E-state index contributed by atoms with van der Waals surface area (Å²) < 4.78 is 37.0. The number of halogens is 3. The Labute approximate surface area is 132 Å². The van der Waals surface area contributed by atoms with Crippen LogP contribution in [0.4, 0.5) is 13.2 Å². The summed E-state index contributed by atoms with van der Waals surface area (Å²) in [6, 6.07) is 2.29. The zero-order valence-corrected chi connectivity index (χ0v) is 13.9. The molecule has 1 aliphatic heterocycles. The van der Waals surface area contributed by atoms with Crippen molar-refractivity contribution in [3.63, 3.8) is 0 Å². The monoisotopic (exact) mass is 337 g/mol. The lowest BCUT2D eigenvalue weighted by Gasteiger charge is -2.17. The highest BCUT2D eigenvalue weighted by molar-refractivity contribution is 7.98. The van der Waals surface area contributed by atoms with Crippen molar-refractivity contribution in [3.05, 3.63) is 21.4 Å². The molecule has 1 aromatic heterocycles. The second-order valence-electron chi connectivity index (χ2n) is 5.41. The number of hydrogen-bond donors (Lipinski definition) is 1. The first-order valence-electron chi connectivity index (χ1n) is 7.49. The summed E-state index contributed by atoms with van der Waals surface area (Å²) in [7, 11) is 0. The van der Waals surface area contributed by atoms with Crippen molar-refractivity contribution in [1.29, 1.82) is 0 Å². The van der Waals surface area contributed by atoms with Gasteiger partial charge in [0.2, 0.25) is 0 Å². The Morgan fingerprint density at radius 3 is 2.86 bits per heavy atom. The molecular formula is C15H22F3NS2. The van der Waals surface area contributed by atoms with E-state index in [1.54, 1.807) is 11.3 Å². The van der Waals surface area contributed by atoms with Gasteiger partial charge in [0.05, 0.1) is 0 Å². The summed E-state index contributed by atoms with van der Waals surface area (Å²) in [4.78, 5) is 2.65. The molecule has 120 valence electrons. The van der Waals surface area contributed by atoms with E-state index >= 15 is 0 Å². The molecule has 6 heteroatoms. The van der Waals surface area contributed by atoms with Crippen LogP contribution in [0.2, 0.25) is 0 Å². The molecule has 1 unspecified atom stereocenters. The van der Waals surface area contributed by atoms with Gasteiger partial charge >= 0.3 is 6.18 Å². The molecule has 2 rings (SSSR count). The average Bonchev–Trinajstić information content (AvgIpc) is 2.85. The van der Waals surface area contributed by atoms with E-state index in [-0.39, 0.29) is 12.5 Å². The van der Waals surface area contributed by atoms with Crippen LogP contribution in [0.15, 0.2) is 6.07 Å². The van der Waals surface area contributed by atoms with Gasteiger partial charge in [-0.3, -0.25) is 0 Å². The van der Waals surface area contributed by atoms with Crippen LogP contribution in [-0.4, -0.2) is 18.5 Å². The van der Waals surface area contributed by atoms with Crippen molar-refractivity contribution < 1.29 is 13.2 Å². The second-order valence-corrected chi connectivity index (χ2v) is 7.69. The third-order valence-electron chi connectivity index (χ3n) is 3.58. The Morgan fingerprint density at radius 1 is 1.38 bits per heavy atom. The van der Waals surface area contributed by atoms with Crippen LogP contribution in [-0.2, 0) is 12.2 Å². The Hall–Kier alpha value is -0.200. The summed E-state index contributed by atoms with van der Waals surface area (Å²) in [5.74, 6) is 2.21. The lowest BCUT2D eigenvalue weighted by atomic mass is 10.1. The molecule has 0 aliphatic carbocycles. The van der Waals surface area contributed by atoms with Gasteiger partial charge in [-0.05, 0) is 49.6 Å². The van der Waals surface area contributed by atoms with Crippen LogP contribution >= 0.6 is 23.1 Å². The van der Waals surface area contributed by atoms with Crippen molar-refractivity contribution in [2.45, 2.75) is 57.0 Å². The molecule has 0 aromatic carbocycles. The fourth-order valence-corrected chi connectivity index (χ4v) is 5.00. The molecule has 0 spiro atoms. The minimum Gasteiger partial charge on any atom is -0.309 e. The zero-order valence-electron chi connectivity index (χ0n) is 12.3. The van der Waals surface area contributed by atoms with E-state index in [2.05, 4.69) is 18.3 Å². The Kier molecular flexibility index (Phi) is 6.44. The van der Waals surface area contributed by atoms with E-state index in [1.807, 2.05) is 11.8 Å². The highest BCUT2D eigenvalue weighted by Gasteiger charge is 2.27. The maximum absolute atomic E-state index is 12.3. The maximum atomic E-state index is 12.3. The normalized spacial score (nSPS) is 16.8. The van der Waals surface area contributed by atoms with Gasteiger partial charge in [-0.15, -0.1) is 11.3 Å². The fourth-order valence-electron chi connectivity index (χ4n) is 2.51. The minimum absolute atomic E-state index is 0.0768. The molecule has 0 saturated heterocycles. The van der Waals surface area contributed by atoms with Gasteiger partial charge in [0.15, 0.2) is 0 Å². The van der Waals surface area contributed by atoms with E-state index in [9.17, 15) is 13.2 Å². The Morgan fingerprint density at radius 2 is 2.19 bits per heavy atom. The van der Waals surface area contributed by atoms with Crippen LogP contribution in [0.1, 0.15) is 54.0 Å². The molecule has 1 atom stereocenters. The molecule has 0 amide bonds. The van der Waals surface area contributed by atoms with Crippen molar-refractivity contribution in [2.24, 2.45) is 0 Å². The number of thiophene rings is 1. The number of nitrogens with one attached hydrogen (secondary N) is 1. The van der Waals surface area contributed by atoms with Crippen molar-refractivity contribution in [1.82, 2.24) is 5.32 Å². The number of hydrogen-bond acceptors (Lipinski definition) is 3. The molecule has 0 bridgehead atoms. The van der Waals surface area contributed by atoms with Crippen LogP contribution in [0, 0.1) is 0 Å². The summed E-state index contributed by atoms with van der Waals surface area (Å²) in [5.41, 5.74) is 1.39. The van der Waals surface area contributed by atoms with Crippen LogP contribution in [0.3, 0.4) is 0 Å². The summed E-state index contributed by atoms with van der Waals surface area (Å²) >= 11 is 3.73. The summed E-state index contributed by atoms with van der Waals surface area (Å²) in [6.07, 6.45) is -1.86. The molecular weight excluding hydrogens is 315 g/mol. The van der Waals surface area contributed by atoms with Gasteiger partial charge in [-0.1, -0.05) is 6.92 Å². The quantitative estimate of drug-likeness (QED) is 0.723. The molecule has 1 nitrogen and oxygen atoms in total. The zero-order chi connectivity index (χ0) is 15.3. The number of alkyl halides is 3. The lowest BCUT2D eigenvalue weighted by Crippen LogP contribution is -2.22. The first-order valence-corrected chi connectivity index (χ1v) is 9.46. The molecule has 2 heterocycles. The molecule has 1 aromatic rings. The van der Waals surface area contributed by atoms with Crippen molar-refractivity contribution in [2.75, 3.05) is 12.3 Å². The third-order valence-corrected chi connectivity index (χ3v) is 5.94. The smallest absolute Gasteiger partial charge is 0.309 e. The highest BCUT2D eigenvalue weighted by Crippen LogP contribution is 2.36. The molecule has 1 aliphatic rings. The molecule has 0 radical (unpaired) electrons. The molecule has 21 heavy (non-hydrogen) atoms. The van der Waals surface area contributed by atoms with Gasteiger partial charge in [-0.25, -0.2) is 0 Å². The van der Waals surface area contributed by atoms with E-state index < -0.39 is 12.6 Å². The first kappa shape index (κ1) is 17.2. The highest BCUT2D eigenvalue weighted by atomic mass is 32.2. The Bertz CT molecular complexity index is 419. The van der Waals surface area contributed by atoms with Gasteiger partial charge in [0, 0.05) is 28.0 Å². The Balaban J connectivity index is 1.99. The largest absolute Gasteiger partial charge is 0.389 e. The molecule has 0 saturated carbocycles.